The molecule has 0 fully saturated rings. The minimum Gasteiger partial charge on any atom is -0.488 e. The molecular formula is C18H17ClFN3OS. The lowest BCUT2D eigenvalue weighted by atomic mass is 10.2. The summed E-state index contributed by atoms with van der Waals surface area (Å²) in [5, 5.41) is 7.65. The van der Waals surface area contributed by atoms with Gasteiger partial charge < -0.3 is 10.1 Å². The molecule has 2 N–H and O–H groups in total. The molecule has 0 aliphatic carbocycles. The topological polar surface area (TPSA) is 45.7 Å². The lowest BCUT2D eigenvalue weighted by Crippen LogP contribution is -2.31. The fourth-order valence-corrected chi connectivity index (χ4v) is 2.26. The second kappa shape index (κ2) is 9.76. The molecule has 2 rings (SSSR count). The first kappa shape index (κ1) is 18.9. The predicted molar refractivity (Wildman–Crippen MR) is 104 cm³/mol. The molecule has 0 saturated heterocycles. The number of nitrogens with one attached hydrogen (secondary N) is 2. The van der Waals surface area contributed by atoms with Gasteiger partial charge in [-0.15, -0.1) is 6.58 Å². The van der Waals surface area contributed by atoms with Gasteiger partial charge in [0.15, 0.2) is 5.11 Å². The van der Waals surface area contributed by atoms with E-state index in [-0.39, 0.29) is 6.61 Å². The summed E-state index contributed by atoms with van der Waals surface area (Å²) in [6.45, 7) is 4.15. The van der Waals surface area contributed by atoms with Crippen molar-refractivity contribution in [3.05, 3.63) is 77.1 Å². The summed E-state index contributed by atoms with van der Waals surface area (Å²) in [5.74, 6) is 0.149. The Hall–Kier alpha value is -2.44. The highest BCUT2D eigenvalue weighted by atomic mass is 35.5. The Bertz CT molecular complexity index is 762. The van der Waals surface area contributed by atoms with Crippen molar-refractivity contribution in [1.82, 2.24) is 10.7 Å². The summed E-state index contributed by atoms with van der Waals surface area (Å²) in [6, 6.07) is 11.8. The summed E-state index contributed by atoms with van der Waals surface area (Å²) >= 11 is 11.1. The highest BCUT2D eigenvalue weighted by molar-refractivity contribution is 7.80. The third-order valence-corrected chi connectivity index (χ3v) is 3.72. The van der Waals surface area contributed by atoms with Gasteiger partial charge in [-0.3, -0.25) is 5.43 Å². The molecule has 2 aromatic carbocycles. The summed E-state index contributed by atoms with van der Waals surface area (Å²) in [6.07, 6.45) is 3.26. The van der Waals surface area contributed by atoms with E-state index in [2.05, 4.69) is 22.4 Å². The SMILES string of the molecule is C=CCNC(=S)N/N=C\c1ccccc1OCc1c(F)cccc1Cl. The van der Waals surface area contributed by atoms with Crippen LogP contribution in [-0.4, -0.2) is 17.9 Å². The normalized spacial score (nSPS) is 10.5. The number of hydrazone groups is 1. The van der Waals surface area contributed by atoms with Crippen LogP contribution in [0.25, 0.3) is 0 Å². The van der Waals surface area contributed by atoms with E-state index in [1.54, 1.807) is 30.5 Å². The van der Waals surface area contributed by atoms with Crippen LogP contribution in [0.2, 0.25) is 5.02 Å². The van der Waals surface area contributed by atoms with Crippen LogP contribution in [-0.2, 0) is 6.61 Å². The van der Waals surface area contributed by atoms with Crippen LogP contribution in [0.15, 0.2) is 60.2 Å². The molecule has 2 aromatic rings. The molecule has 4 nitrogen and oxygen atoms in total. The van der Waals surface area contributed by atoms with Gasteiger partial charge in [0.25, 0.3) is 0 Å². The summed E-state index contributed by atoms with van der Waals surface area (Å²) in [7, 11) is 0. The van der Waals surface area contributed by atoms with Crippen LogP contribution in [0, 0.1) is 5.82 Å². The fraction of sp³-hybridized carbons (Fsp3) is 0.111. The van der Waals surface area contributed by atoms with Gasteiger partial charge in [-0.2, -0.15) is 5.10 Å². The number of thiocarbonyl (C=S) groups is 1. The number of nitrogens with zero attached hydrogens (tertiary/aromatic N) is 1. The fourth-order valence-electron chi connectivity index (χ4n) is 1.90. The summed E-state index contributed by atoms with van der Waals surface area (Å²) < 4.78 is 19.5. The van der Waals surface area contributed by atoms with Gasteiger partial charge in [-0.05, 0) is 36.5 Å². The first-order valence-corrected chi connectivity index (χ1v) is 8.23. The van der Waals surface area contributed by atoms with Gasteiger partial charge in [0, 0.05) is 17.7 Å². The van der Waals surface area contributed by atoms with E-state index in [1.165, 1.54) is 6.07 Å². The van der Waals surface area contributed by atoms with Gasteiger partial charge in [-0.25, -0.2) is 4.39 Å². The third kappa shape index (κ3) is 5.85. The first-order chi connectivity index (χ1) is 12.1. The van der Waals surface area contributed by atoms with Crippen molar-refractivity contribution in [2.24, 2.45) is 5.10 Å². The van der Waals surface area contributed by atoms with Crippen molar-refractivity contribution in [2.75, 3.05) is 6.54 Å². The molecular weight excluding hydrogens is 361 g/mol. The number of ether oxygens (including phenoxy) is 1. The van der Waals surface area contributed by atoms with Gasteiger partial charge in [0.2, 0.25) is 0 Å². The Morgan fingerprint density at radius 3 is 2.84 bits per heavy atom. The number of benzene rings is 2. The quantitative estimate of drug-likeness (QED) is 0.331. The molecule has 25 heavy (non-hydrogen) atoms. The lowest BCUT2D eigenvalue weighted by Gasteiger charge is -2.11. The van der Waals surface area contributed by atoms with Gasteiger partial charge in [-0.1, -0.05) is 35.9 Å². The minimum atomic E-state index is -0.404. The van der Waals surface area contributed by atoms with Crippen LogP contribution in [0.1, 0.15) is 11.1 Å². The van der Waals surface area contributed by atoms with E-state index in [9.17, 15) is 4.39 Å². The standard InChI is InChI=1S/C18H17ClFN3OS/c1-2-10-21-18(25)23-22-11-13-6-3-4-9-17(13)24-12-14-15(19)7-5-8-16(14)20/h2-9,11H,1,10,12H2,(H2,21,23,25)/b22-11-. The van der Waals surface area contributed by atoms with Crippen LogP contribution >= 0.6 is 23.8 Å². The monoisotopic (exact) mass is 377 g/mol. The Labute approximate surface area is 156 Å². The highest BCUT2D eigenvalue weighted by Crippen LogP contribution is 2.23. The smallest absolute Gasteiger partial charge is 0.187 e. The molecule has 0 unspecified atom stereocenters. The van der Waals surface area contributed by atoms with E-state index in [0.717, 1.165) is 0 Å². The number of para-hydroxylation sites is 1. The zero-order chi connectivity index (χ0) is 18.1. The van der Waals surface area contributed by atoms with Crippen molar-refractivity contribution in [1.29, 1.82) is 0 Å². The number of hydrogen-bond donors (Lipinski definition) is 2. The van der Waals surface area contributed by atoms with Crippen molar-refractivity contribution < 1.29 is 9.13 Å². The molecule has 0 bridgehead atoms. The third-order valence-electron chi connectivity index (χ3n) is 3.13. The van der Waals surface area contributed by atoms with Gasteiger partial charge >= 0.3 is 0 Å². The molecule has 0 heterocycles. The molecule has 0 aliphatic rings. The molecule has 0 spiro atoms. The maximum absolute atomic E-state index is 13.8. The summed E-state index contributed by atoms with van der Waals surface area (Å²) in [5.41, 5.74) is 3.72. The maximum Gasteiger partial charge on any atom is 0.187 e. The van der Waals surface area contributed by atoms with Crippen molar-refractivity contribution >= 4 is 35.1 Å². The molecule has 0 aromatic heterocycles. The summed E-state index contributed by atoms with van der Waals surface area (Å²) in [4.78, 5) is 0. The molecule has 0 amide bonds. The lowest BCUT2D eigenvalue weighted by molar-refractivity contribution is 0.299. The molecule has 0 atom stereocenters. The second-order valence-corrected chi connectivity index (χ2v) is 5.71. The largest absolute Gasteiger partial charge is 0.488 e. The van der Waals surface area contributed by atoms with E-state index in [0.29, 0.717) is 33.6 Å². The Kier molecular flexibility index (Phi) is 7.37. The van der Waals surface area contributed by atoms with Gasteiger partial charge in [0.05, 0.1) is 11.2 Å². The van der Waals surface area contributed by atoms with Crippen molar-refractivity contribution in [2.45, 2.75) is 6.61 Å². The van der Waals surface area contributed by atoms with E-state index in [4.69, 9.17) is 28.6 Å². The average molecular weight is 378 g/mol. The van der Waals surface area contributed by atoms with Crippen LogP contribution in [0.3, 0.4) is 0 Å². The molecule has 0 aliphatic heterocycles. The van der Waals surface area contributed by atoms with E-state index >= 15 is 0 Å². The second-order valence-electron chi connectivity index (χ2n) is 4.90. The molecule has 7 heteroatoms. The van der Waals surface area contributed by atoms with Crippen LogP contribution in [0.4, 0.5) is 4.39 Å². The van der Waals surface area contributed by atoms with Crippen LogP contribution in [0.5, 0.6) is 5.75 Å². The number of halogens is 2. The van der Waals surface area contributed by atoms with Crippen LogP contribution < -0.4 is 15.5 Å². The zero-order valence-electron chi connectivity index (χ0n) is 13.3. The molecule has 0 radical (unpaired) electrons. The van der Waals surface area contributed by atoms with Crippen molar-refractivity contribution in [3.8, 4) is 5.75 Å². The first-order valence-electron chi connectivity index (χ1n) is 7.44. The molecule has 130 valence electrons. The highest BCUT2D eigenvalue weighted by Gasteiger charge is 2.09. The Balaban J connectivity index is 2.03. The zero-order valence-corrected chi connectivity index (χ0v) is 14.9. The predicted octanol–water partition coefficient (Wildman–Crippen LogP) is 4.04. The van der Waals surface area contributed by atoms with E-state index < -0.39 is 5.82 Å². The Morgan fingerprint density at radius 2 is 2.08 bits per heavy atom. The van der Waals surface area contributed by atoms with Gasteiger partial charge in [0.1, 0.15) is 18.2 Å². The van der Waals surface area contributed by atoms with E-state index in [1.807, 2.05) is 18.2 Å². The average Bonchev–Trinajstić information content (AvgIpc) is 2.60. The van der Waals surface area contributed by atoms with Crippen molar-refractivity contribution in [3.63, 3.8) is 0 Å². The Morgan fingerprint density at radius 1 is 1.28 bits per heavy atom. The maximum atomic E-state index is 13.8. The number of rotatable bonds is 7. The molecule has 0 saturated carbocycles. The number of hydrogen-bond acceptors (Lipinski definition) is 3. The minimum absolute atomic E-state index is 0.0170.